The smallest absolute Gasteiger partial charge is 0.322 e. The first kappa shape index (κ1) is 19.2. The average molecular weight is 421 g/mol. The van der Waals surface area contributed by atoms with Crippen molar-refractivity contribution in [2.45, 2.75) is 12.5 Å². The summed E-state index contributed by atoms with van der Waals surface area (Å²) in [7, 11) is 0. The minimum absolute atomic E-state index is 0.138. The molecule has 0 fully saturated rings. The maximum absolute atomic E-state index is 14.8. The molecule has 0 saturated carbocycles. The highest BCUT2D eigenvalue weighted by Gasteiger charge is 2.36. The number of rotatable bonds is 2. The van der Waals surface area contributed by atoms with Crippen LogP contribution in [0.5, 0.6) is 0 Å². The van der Waals surface area contributed by atoms with E-state index in [0.29, 0.717) is 24.6 Å². The summed E-state index contributed by atoms with van der Waals surface area (Å²) in [5.74, 6) is -2.05. The number of halogens is 3. The molecule has 0 aliphatic carbocycles. The van der Waals surface area contributed by atoms with Gasteiger partial charge < -0.3 is 15.2 Å². The molecule has 0 spiro atoms. The highest BCUT2D eigenvalue weighted by molar-refractivity contribution is 5.91. The van der Waals surface area contributed by atoms with Crippen molar-refractivity contribution in [2.24, 2.45) is 0 Å². The van der Waals surface area contributed by atoms with Crippen LogP contribution in [-0.2, 0) is 6.42 Å². The number of para-hydroxylation sites is 1. The van der Waals surface area contributed by atoms with E-state index in [4.69, 9.17) is 0 Å². The Morgan fingerprint density at radius 1 is 0.968 bits per heavy atom. The van der Waals surface area contributed by atoms with E-state index >= 15 is 0 Å². The summed E-state index contributed by atoms with van der Waals surface area (Å²) in [5.41, 5.74) is 2.86. The number of carbonyl (C=O) groups excluding carboxylic acids is 1. The van der Waals surface area contributed by atoms with Crippen LogP contribution in [0.25, 0.3) is 10.9 Å². The lowest BCUT2D eigenvalue weighted by molar-refractivity contribution is 0.191. The van der Waals surface area contributed by atoms with Crippen molar-refractivity contribution in [3.63, 3.8) is 0 Å². The number of nitrogens with zero attached hydrogens (tertiary/aromatic N) is 1. The maximum atomic E-state index is 14.8. The molecule has 3 aromatic carbocycles. The summed E-state index contributed by atoms with van der Waals surface area (Å²) in [4.78, 5) is 18.0. The second kappa shape index (κ2) is 7.50. The summed E-state index contributed by atoms with van der Waals surface area (Å²) in [6.45, 7) is 0.308. The van der Waals surface area contributed by atoms with Crippen LogP contribution in [-0.4, -0.2) is 22.5 Å². The molecule has 156 valence electrons. The highest BCUT2D eigenvalue weighted by atomic mass is 19.1. The van der Waals surface area contributed by atoms with E-state index in [9.17, 15) is 18.0 Å². The molecule has 31 heavy (non-hydrogen) atoms. The molecular formula is C24H18F3N3O. The van der Waals surface area contributed by atoms with E-state index in [1.54, 1.807) is 18.2 Å². The van der Waals surface area contributed by atoms with E-state index in [2.05, 4.69) is 10.3 Å². The average Bonchev–Trinajstić information content (AvgIpc) is 3.14. The fourth-order valence-corrected chi connectivity index (χ4v) is 4.26. The molecule has 4 aromatic rings. The number of benzene rings is 3. The van der Waals surface area contributed by atoms with E-state index in [1.807, 2.05) is 24.3 Å². The van der Waals surface area contributed by atoms with Crippen LogP contribution in [0, 0.1) is 17.5 Å². The van der Waals surface area contributed by atoms with Gasteiger partial charge in [0.15, 0.2) is 0 Å². The van der Waals surface area contributed by atoms with Gasteiger partial charge in [-0.15, -0.1) is 0 Å². The van der Waals surface area contributed by atoms with E-state index in [0.717, 1.165) is 28.2 Å². The predicted octanol–water partition coefficient (Wildman–Crippen LogP) is 5.76. The van der Waals surface area contributed by atoms with Gasteiger partial charge in [0.25, 0.3) is 0 Å². The second-order valence-electron chi connectivity index (χ2n) is 7.48. The minimum atomic E-state index is -0.876. The van der Waals surface area contributed by atoms with Gasteiger partial charge in [-0.05, 0) is 36.2 Å². The Balaban J connectivity index is 1.59. The molecule has 7 heteroatoms. The van der Waals surface area contributed by atoms with E-state index < -0.39 is 29.5 Å². The topological polar surface area (TPSA) is 48.1 Å². The summed E-state index contributed by atoms with van der Waals surface area (Å²) in [5, 5.41) is 3.53. The lowest BCUT2D eigenvalue weighted by Gasteiger charge is -2.36. The molecule has 0 unspecified atom stereocenters. The summed E-state index contributed by atoms with van der Waals surface area (Å²) in [6.07, 6.45) is 0.559. The first-order chi connectivity index (χ1) is 15.0. The fourth-order valence-electron chi connectivity index (χ4n) is 4.26. The van der Waals surface area contributed by atoms with Gasteiger partial charge in [0.1, 0.15) is 23.5 Å². The Kier molecular flexibility index (Phi) is 4.66. The molecule has 2 heterocycles. The van der Waals surface area contributed by atoms with Gasteiger partial charge >= 0.3 is 6.03 Å². The third-order valence-corrected chi connectivity index (χ3v) is 5.67. The standard InChI is InChI=1S/C24H18F3N3O/c25-14-9-10-21(19(27)13-14)29-24(31)30-12-11-16-15-5-2-4-8-20(15)28-22(16)23(30)17-6-1-3-7-18(17)26/h1-10,13,23,28H,11-12H2,(H,29,31)/t23-/m0/s1. The van der Waals surface area contributed by atoms with Crippen molar-refractivity contribution in [3.05, 3.63) is 101 Å². The van der Waals surface area contributed by atoms with Crippen LogP contribution >= 0.6 is 0 Å². The van der Waals surface area contributed by atoms with Crippen LogP contribution in [0.1, 0.15) is 22.9 Å². The van der Waals surface area contributed by atoms with Gasteiger partial charge in [0, 0.05) is 34.8 Å². The Bertz CT molecular complexity index is 1300. The lowest BCUT2D eigenvalue weighted by Crippen LogP contribution is -2.43. The Morgan fingerprint density at radius 2 is 1.74 bits per heavy atom. The molecule has 2 amide bonds. The molecule has 1 aromatic heterocycles. The number of carbonyl (C=O) groups is 1. The monoisotopic (exact) mass is 421 g/mol. The predicted molar refractivity (Wildman–Crippen MR) is 112 cm³/mol. The number of nitrogens with one attached hydrogen (secondary N) is 2. The van der Waals surface area contributed by atoms with Crippen LogP contribution in [0.4, 0.5) is 23.7 Å². The maximum Gasteiger partial charge on any atom is 0.322 e. The number of aromatic nitrogens is 1. The molecule has 4 nitrogen and oxygen atoms in total. The van der Waals surface area contributed by atoms with Gasteiger partial charge in [-0.3, -0.25) is 0 Å². The number of amides is 2. The van der Waals surface area contributed by atoms with Gasteiger partial charge in [-0.25, -0.2) is 18.0 Å². The largest absolute Gasteiger partial charge is 0.356 e. The first-order valence-corrected chi connectivity index (χ1v) is 9.89. The van der Waals surface area contributed by atoms with Crippen molar-refractivity contribution >= 4 is 22.6 Å². The van der Waals surface area contributed by atoms with Crippen LogP contribution in [0.15, 0.2) is 66.7 Å². The number of fused-ring (bicyclic) bond motifs is 3. The molecule has 0 saturated heterocycles. The van der Waals surface area contributed by atoms with Crippen molar-refractivity contribution in [1.82, 2.24) is 9.88 Å². The minimum Gasteiger partial charge on any atom is -0.356 e. The molecule has 1 atom stereocenters. The first-order valence-electron chi connectivity index (χ1n) is 9.89. The van der Waals surface area contributed by atoms with Crippen LogP contribution in [0.2, 0.25) is 0 Å². The van der Waals surface area contributed by atoms with Gasteiger partial charge in [-0.2, -0.15) is 0 Å². The number of urea groups is 1. The molecule has 2 N–H and O–H groups in total. The lowest BCUT2D eigenvalue weighted by atomic mass is 9.92. The molecule has 1 aliphatic heterocycles. The summed E-state index contributed by atoms with van der Waals surface area (Å²) < 4.78 is 42.1. The van der Waals surface area contributed by atoms with E-state index in [-0.39, 0.29) is 5.69 Å². The molecule has 0 radical (unpaired) electrons. The number of H-pyrrole nitrogens is 1. The number of hydrogen-bond donors (Lipinski definition) is 2. The number of hydrogen-bond acceptors (Lipinski definition) is 1. The zero-order valence-electron chi connectivity index (χ0n) is 16.3. The Labute approximate surface area is 176 Å². The zero-order valence-corrected chi connectivity index (χ0v) is 16.3. The highest BCUT2D eigenvalue weighted by Crippen LogP contribution is 2.39. The third-order valence-electron chi connectivity index (χ3n) is 5.67. The molecule has 5 rings (SSSR count). The van der Waals surface area contributed by atoms with Crippen molar-refractivity contribution in [3.8, 4) is 0 Å². The van der Waals surface area contributed by atoms with Crippen molar-refractivity contribution in [1.29, 1.82) is 0 Å². The SMILES string of the molecule is O=C(Nc1ccc(F)cc1F)N1CCc2c([nH]c3ccccc23)[C@@H]1c1ccccc1F. The van der Waals surface area contributed by atoms with Gasteiger partial charge in [-0.1, -0.05) is 36.4 Å². The van der Waals surface area contributed by atoms with Crippen molar-refractivity contribution < 1.29 is 18.0 Å². The van der Waals surface area contributed by atoms with Gasteiger partial charge in [0.2, 0.25) is 0 Å². The summed E-state index contributed by atoms with van der Waals surface area (Å²) in [6, 6.07) is 15.7. The van der Waals surface area contributed by atoms with Crippen molar-refractivity contribution in [2.75, 3.05) is 11.9 Å². The molecule has 0 bridgehead atoms. The second-order valence-corrected chi connectivity index (χ2v) is 7.48. The Morgan fingerprint density at radius 3 is 2.55 bits per heavy atom. The molecular weight excluding hydrogens is 403 g/mol. The number of anilines is 1. The Hall–Kier alpha value is -3.74. The van der Waals surface area contributed by atoms with Crippen LogP contribution < -0.4 is 5.32 Å². The quantitative estimate of drug-likeness (QED) is 0.424. The summed E-state index contributed by atoms with van der Waals surface area (Å²) >= 11 is 0. The van der Waals surface area contributed by atoms with Crippen LogP contribution in [0.3, 0.4) is 0 Å². The molecule has 1 aliphatic rings. The zero-order chi connectivity index (χ0) is 21.5. The van der Waals surface area contributed by atoms with Gasteiger partial charge in [0.05, 0.1) is 5.69 Å². The van der Waals surface area contributed by atoms with E-state index in [1.165, 1.54) is 17.0 Å². The normalized spacial score (nSPS) is 15.7. The third kappa shape index (κ3) is 3.32. The number of aromatic amines is 1. The fraction of sp³-hybridized carbons (Fsp3) is 0.125.